The number of piperidine rings is 1. The summed E-state index contributed by atoms with van der Waals surface area (Å²) in [5.41, 5.74) is 1.00. The van der Waals surface area contributed by atoms with Crippen LogP contribution in [-0.4, -0.2) is 43.9 Å². The van der Waals surface area contributed by atoms with Gasteiger partial charge in [-0.3, -0.25) is 0 Å². The summed E-state index contributed by atoms with van der Waals surface area (Å²) in [7, 11) is 0. The third kappa shape index (κ3) is 4.10. The van der Waals surface area contributed by atoms with Gasteiger partial charge in [0.05, 0.1) is 0 Å². The zero-order valence-corrected chi connectivity index (χ0v) is 19.8. The molecule has 2 aromatic heterocycles. The highest BCUT2D eigenvalue weighted by Gasteiger charge is 2.43. The van der Waals surface area contributed by atoms with Crippen LogP contribution < -0.4 is 15.0 Å². The van der Waals surface area contributed by atoms with Gasteiger partial charge in [0.2, 0.25) is 5.95 Å². The van der Waals surface area contributed by atoms with Gasteiger partial charge in [-0.15, -0.1) is 5.10 Å². The topological polar surface area (TPSA) is 81.0 Å². The molecule has 1 aromatic carbocycles. The fourth-order valence-corrected chi connectivity index (χ4v) is 5.97. The highest BCUT2D eigenvalue weighted by Crippen LogP contribution is 2.40. The summed E-state index contributed by atoms with van der Waals surface area (Å²) in [6.45, 7) is 4.76. The molecule has 2 aliphatic heterocycles. The Kier molecular flexibility index (Phi) is 5.30. The van der Waals surface area contributed by atoms with Crippen LogP contribution in [0.25, 0.3) is 0 Å². The third-order valence-electron chi connectivity index (χ3n) is 6.95. The second-order valence-corrected chi connectivity index (χ2v) is 10.1. The molecule has 10 heteroatoms. The van der Waals surface area contributed by atoms with Crippen LogP contribution in [-0.2, 0) is 6.54 Å². The summed E-state index contributed by atoms with van der Waals surface area (Å²) < 4.78 is 8.10. The smallest absolute Gasteiger partial charge is 0.242 e. The molecule has 1 aliphatic carbocycles. The van der Waals surface area contributed by atoms with E-state index in [0.717, 1.165) is 43.4 Å². The lowest BCUT2D eigenvalue weighted by Crippen LogP contribution is -2.48. The van der Waals surface area contributed by atoms with Crippen molar-refractivity contribution in [1.29, 1.82) is 0 Å². The van der Waals surface area contributed by atoms with Crippen LogP contribution in [0.2, 0.25) is 10.0 Å². The summed E-state index contributed by atoms with van der Waals surface area (Å²) in [5, 5.41) is 9.49. The number of halogens is 2. The average molecular weight is 486 g/mol. The van der Waals surface area contributed by atoms with Crippen molar-refractivity contribution in [2.45, 2.75) is 44.9 Å². The summed E-state index contributed by atoms with van der Waals surface area (Å²) >= 11 is 12.2. The standard InChI is InChI=1S/C23H25Cl2N7O/c1-13-6-20(27-12-26-13)31-10-14-2-3-15(11-31)21(14)28-23-29-22-19(4-5-32(22)30-23)33-18-8-16(24)7-17(25)9-18/h6-9,12,14-15,19,21H,2-5,10-11H2,1H3,(H,28,30)/t14-,15+,19-,21-/m1/s1. The quantitative estimate of drug-likeness (QED) is 0.568. The molecule has 3 aromatic rings. The van der Waals surface area contributed by atoms with E-state index in [1.54, 1.807) is 24.5 Å². The number of fused-ring (bicyclic) bond motifs is 3. The maximum atomic E-state index is 6.16. The largest absolute Gasteiger partial charge is 0.482 e. The number of benzene rings is 1. The maximum absolute atomic E-state index is 6.16. The molecule has 33 heavy (non-hydrogen) atoms. The van der Waals surface area contributed by atoms with Gasteiger partial charge in [-0.1, -0.05) is 23.2 Å². The van der Waals surface area contributed by atoms with Gasteiger partial charge in [0.1, 0.15) is 17.9 Å². The Morgan fingerprint density at radius 2 is 1.76 bits per heavy atom. The number of rotatable bonds is 5. The number of aromatic nitrogens is 5. The van der Waals surface area contributed by atoms with E-state index in [9.17, 15) is 0 Å². The lowest BCUT2D eigenvalue weighted by Gasteiger charge is -2.38. The summed E-state index contributed by atoms with van der Waals surface area (Å²) in [6.07, 6.45) is 4.72. The highest BCUT2D eigenvalue weighted by atomic mass is 35.5. The number of aryl methyl sites for hydroxylation is 2. The molecule has 4 atom stereocenters. The second kappa shape index (κ2) is 8.33. The maximum Gasteiger partial charge on any atom is 0.242 e. The van der Waals surface area contributed by atoms with Gasteiger partial charge in [0.25, 0.3) is 0 Å². The summed E-state index contributed by atoms with van der Waals surface area (Å²) in [4.78, 5) is 15.9. The minimum absolute atomic E-state index is 0.165. The van der Waals surface area contributed by atoms with E-state index in [1.807, 2.05) is 11.6 Å². The van der Waals surface area contributed by atoms with Gasteiger partial charge >= 0.3 is 0 Å². The van der Waals surface area contributed by atoms with Crippen LogP contribution in [0.4, 0.5) is 11.8 Å². The zero-order valence-electron chi connectivity index (χ0n) is 18.3. The van der Waals surface area contributed by atoms with Gasteiger partial charge in [0, 0.05) is 53.9 Å². The third-order valence-corrected chi connectivity index (χ3v) is 7.39. The fourth-order valence-electron chi connectivity index (χ4n) is 5.47. The number of anilines is 2. The molecule has 8 nitrogen and oxygen atoms in total. The van der Waals surface area contributed by atoms with Crippen molar-refractivity contribution >= 4 is 35.0 Å². The number of hydrogen-bond acceptors (Lipinski definition) is 7. The van der Waals surface area contributed by atoms with Crippen LogP contribution in [0, 0.1) is 18.8 Å². The molecule has 0 radical (unpaired) electrons. The van der Waals surface area contributed by atoms with Crippen molar-refractivity contribution in [2.24, 2.45) is 11.8 Å². The zero-order chi connectivity index (χ0) is 22.5. The molecule has 3 aliphatic rings. The van der Waals surface area contributed by atoms with Gasteiger partial charge in [-0.05, 0) is 49.8 Å². The Morgan fingerprint density at radius 3 is 2.48 bits per heavy atom. The molecule has 1 saturated heterocycles. The monoisotopic (exact) mass is 485 g/mol. The number of ether oxygens (including phenoxy) is 1. The van der Waals surface area contributed by atoms with Crippen LogP contribution in [0.15, 0.2) is 30.6 Å². The fraction of sp³-hybridized carbons (Fsp3) is 0.478. The van der Waals surface area contributed by atoms with Crippen LogP contribution in [0.5, 0.6) is 5.75 Å². The Balaban J connectivity index is 1.15. The van der Waals surface area contributed by atoms with E-state index in [0.29, 0.717) is 39.6 Å². The molecule has 2 fully saturated rings. The van der Waals surface area contributed by atoms with Crippen LogP contribution in [0.3, 0.4) is 0 Å². The van der Waals surface area contributed by atoms with Crippen molar-refractivity contribution in [1.82, 2.24) is 24.7 Å². The number of hydrogen-bond donors (Lipinski definition) is 1. The first-order valence-electron chi connectivity index (χ1n) is 11.4. The van der Waals surface area contributed by atoms with Crippen molar-refractivity contribution in [3.05, 3.63) is 52.2 Å². The van der Waals surface area contributed by atoms with E-state index in [4.69, 9.17) is 38.0 Å². The van der Waals surface area contributed by atoms with Crippen molar-refractivity contribution < 1.29 is 4.74 Å². The Bertz CT molecular complexity index is 1150. The number of nitrogens with one attached hydrogen (secondary N) is 1. The Morgan fingerprint density at radius 1 is 1.00 bits per heavy atom. The first kappa shape index (κ1) is 21.0. The average Bonchev–Trinajstić information content (AvgIpc) is 3.39. The lowest BCUT2D eigenvalue weighted by molar-refractivity contribution is 0.203. The first-order chi connectivity index (χ1) is 16.0. The second-order valence-electron chi connectivity index (χ2n) is 9.21. The number of nitrogens with zero attached hydrogens (tertiary/aromatic N) is 6. The Labute approximate surface area is 202 Å². The molecular formula is C23H25Cl2N7O. The molecule has 0 unspecified atom stereocenters. The minimum atomic E-state index is -0.165. The van der Waals surface area contributed by atoms with Crippen molar-refractivity contribution in [3.8, 4) is 5.75 Å². The van der Waals surface area contributed by atoms with Crippen molar-refractivity contribution in [3.63, 3.8) is 0 Å². The van der Waals surface area contributed by atoms with Crippen LogP contribution >= 0.6 is 23.2 Å². The van der Waals surface area contributed by atoms with Gasteiger partial charge < -0.3 is 15.0 Å². The molecule has 1 N–H and O–H groups in total. The highest BCUT2D eigenvalue weighted by molar-refractivity contribution is 6.34. The minimum Gasteiger partial charge on any atom is -0.482 e. The molecular weight excluding hydrogens is 461 g/mol. The summed E-state index contributed by atoms with van der Waals surface area (Å²) in [6, 6.07) is 7.69. The van der Waals surface area contributed by atoms with Gasteiger partial charge in [0.15, 0.2) is 11.9 Å². The SMILES string of the molecule is Cc1cc(N2C[C@H]3CC[C@@H](C2)[C@@H]3Nc2nc3n(n2)CC[C@H]3Oc2cc(Cl)cc(Cl)c2)ncn1. The van der Waals surface area contributed by atoms with E-state index in [-0.39, 0.29) is 6.10 Å². The van der Waals surface area contributed by atoms with E-state index in [1.165, 1.54) is 12.8 Å². The normalized spacial score (nSPS) is 25.8. The van der Waals surface area contributed by atoms with Gasteiger partial charge in [-0.2, -0.15) is 4.98 Å². The lowest BCUT2D eigenvalue weighted by atomic mass is 9.92. The van der Waals surface area contributed by atoms with E-state index >= 15 is 0 Å². The molecule has 2 bridgehead atoms. The molecule has 172 valence electrons. The first-order valence-corrected chi connectivity index (χ1v) is 12.1. The van der Waals surface area contributed by atoms with E-state index < -0.39 is 0 Å². The van der Waals surface area contributed by atoms with Gasteiger partial charge in [-0.25, -0.2) is 14.6 Å². The Hall–Kier alpha value is -2.58. The van der Waals surface area contributed by atoms with Crippen LogP contribution in [0.1, 0.15) is 36.9 Å². The van der Waals surface area contributed by atoms with E-state index in [2.05, 4.69) is 26.3 Å². The van der Waals surface area contributed by atoms with Crippen molar-refractivity contribution in [2.75, 3.05) is 23.3 Å². The summed E-state index contributed by atoms with van der Waals surface area (Å²) in [5.74, 6) is 4.29. The predicted octanol–water partition coefficient (Wildman–Crippen LogP) is 4.53. The molecule has 6 rings (SSSR count). The molecule has 1 saturated carbocycles. The molecule has 0 amide bonds. The molecule has 4 heterocycles. The predicted molar refractivity (Wildman–Crippen MR) is 127 cm³/mol. The molecule has 0 spiro atoms.